The molecule has 2 rings (SSSR count). The van der Waals surface area contributed by atoms with E-state index in [2.05, 4.69) is 4.74 Å². The molecule has 0 aromatic heterocycles. The highest BCUT2D eigenvalue weighted by Gasteiger charge is 2.72. The highest BCUT2D eigenvalue weighted by Crippen LogP contribution is 2.56. The second-order valence-electron chi connectivity index (χ2n) is 5.82. The van der Waals surface area contributed by atoms with Gasteiger partial charge in [0, 0.05) is 19.2 Å². The van der Waals surface area contributed by atoms with Crippen LogP contribution in [-0.2, 0) is 4.74 Å². The molecule has 1 aliphatic heterocycles. The Kier molecular flexibility index (Phi) is 5.25. The van der Waals surface area contributed by atoms with Gasteiger partial charge < -0.3 is 9.64 Å². The summed E-state index contributed by atoms with van der Waals surface area (Å²) in [5.74, 6) is -1.05. The Morgan fingerprint density at radius 3 is 2.22 bits per heavy atom. The molecule has 0 atom stereocenters. The standard InChI is InChI=1S/C14H11ClF6N2O4/c1-27-11(24)7-4-10(23(25)26)9(5-8(7)15)22-3-2-12(6-22,13(16,17)18)14(19,20)21/h4-5H,2-3,6H2,1H3. The van der Waals surface area contributed by atoms with Crippen LogP contribution < -0.4 is 4.90 Å². The van der Waals surface area contributed by atoms with Gasteiger partial charge in [-0.15, -0.1) is 0 Å². The van der Waals surface area contributed by atoms with E-state index < -0.39 is 70.1 Å². The van der Waals surface area contributed by atoms with E-state index in [0.29, 0.717) is 11.0 Å². The molecular weight excluding hydrogens is 410 g/mol. The minimum Gasteiger partial charge on any atom is -0.465 e. The van der Waals surface area contributed by atoms with Gasteiger partial charge in [-0.1, -0.05) is 11.6 Å². The zero-order valence-electron chi connectivity index (χ0n) is 13.4. The Morgan fingerprint density at radius 1 is 1.26 bits per heavy atom. The van der Waals surface area contributed by atoms with Gasteiger partial charge in [-0.05, 0) is 12.5 Å². The Balaban J connectivity index is 2.55. The lowest BCUT2D eigenvalue weighted by molar-refractivity contribution is -0.384. The van der Waals surface area contributed by atoms with Crippen molar-refractivity contribution in [2.45, 2.75) is 18.8 Å². The molecule has 0 amide bonds. The van der Waals surface area contributed by atoms with Gasteiger partial charge in [0.25, 0.3) is 5.69 Å². The Morgan fingerprint density at radius 2 is 1.81 bits per heavy atom. The molecular formula is C14H11ClF6N2O4. The number of halogens is 7. The SMILES string of the molecule is COC(=O)c1cc([N+](=O)[O-])c(N2CCC(C(F)(F)F)(C(F)(F)F)C2)cc1Cl. The summed E-state index contributed by atoms with van der Waals surface area (Å²) in [6.07, 6.45) is -12.5. The molecule has 1 aliphatic rings. The maximum atomic E-state index is 13.2. The first kappa shape index (κ1) is 21.1. The number of nitro groups is 1. The number of esters is 1. The number of hydrogen-bond donors (Lipinski definition) is 0. The zero-order chi connectivity index (χ0) is 20.8. The van der Waals surface area contributed by atoms with Crippen LogP contribution >= 0.6 is 11.6 Å². The summed E-state index contributed by atoms with van der Waals surface area (Å²) in [5.41, 5.74) is -5.87. The van der Waals surface area contributed by atoms with Gasteiger partial charge in [-0.2, -0.15) is 26.3 Å². The molecule has 1 aromatic carbocycles. The maximum Gasteiger partial charge on any atom is 0.404 e. The van der Waals surface area contributed by atoms with E-state index in [1.165, 1.54) is 0 Å². The summed E-state index contributed by atoms with van der Waals surface area (Å²) in [5, 5.41) is 10.8. The lowest BCUT2D eigenvalue weighted by atomic mass is 9.85. The van der Waals surface area contributed by atoms with Crippen molar-refractivity contribution < 1.29 is 40.8 Å². The third kappa shape index (κ3) is 3.49. The van der Waals surface area contributed by atoms with E-state index in [4.69, 9.17) is 11.6 Å². The first-order chi connectivity index (χ1) is 12.2. The maximum absolute atomic E-state index is 13.2. The van der Waals surface area contributed by atoms with Gasteiger partial charge >= 0.3 is 18.3 Å². The second kappa shape index (κ2) is 6.73. The molecule has 6 nitrogen and oxygen atoms in total. The van der Waals surface area contributed by atoms with Crippen LogP contribution in [0.3, 0.4) is 0 Å². The number of hydrogen-bond acceptors (Lipinski definition) is 5. The van der Waals surface area contributed by atoms with Crippen molar-refractivity contribution in [2.75, 3.05) is 25.1 Å². The fraction of sp³-hybridized carbons (Fsp3) is 0.500. The molecule has 0 saturated carbocycles. The van der Waals surface area contributed by atoms with Crippen molar-refractivity contribution in [1.29, 1.82) is 0 Å². The van der Waals surface area contributed by atoms with Gasteiger partial charge in [-0.3, -0.25) is 10.1 Å². The number of nitrogens with zero attached hydrogens (tertiary/aromatic N) is 2. The minimum absolute atomic E-state index is 0.404. The molecule has 150 valence electrons. The van der Waals surface area contributed by atoms with E-state index in [0.717, 1.165) is 13.2 Å². The Hall–Kier alpha value is -2.24. The van der Waals surface area contributed by atoms with Crippen LogP contribution in [0.15, 0.2) is 12.1 Å². The molecule has 1 saturated heterocycles. The molecule has 0 bridgehead atoms. The predicted octanol–water partition coefficient (Wildman–Crippen LogP) is 4.36. The van der Waals surface area contributed by atoms with E-state index in [1.807, 2.05) is 0 Å². The van der Waals surface area contributed by atoms with Gasteiger partial charge in [-0.25, -0.2) is 4.79 Å². The predicted molar refractivity (Wildman–Crippen MR) is 80.8 cm³/mol. The fourth-order valence-electron chi connectivity index (χ4n) is 2.86. The molecule has 13 heteroatoms. The number of methoxy groups -OCH3 is 1. The topological polar surface area (TPSA) is 72.7 Å². The number of carbonyl (C=O) groups excluding carboxylic acids is 1. The van der Waals surface area contributed by atoms with E-state index in [9.17, 15) is 41.3 Å². The molecule has 0 radical (unpaired) electrons. The van der Waals surface area contributed by atoms with Crippen molar-refractivity contribution in [1.82, 2.24) is 0 Å². The summed E-state index contributed by atoms with van der Waals surface area (Å²) in [7, 11) is 0.972. The number of ether oxygens (including phenoxy) is 1. The van der Waals surface area contributed by atoms with Gasteiger partial charge in [0.15, 0.2) is 5.41 Å². The number of carbonyl (C=O) groups is 1. The highest BCUT2D eigenvalue weighted by atomic mass is 35.5. The van der Waals surface area contributed by atoms with Crippen molar-refractivity contribution in [3.8, 4) is 0 Å². The van der Waals surface area contributed by atoms with Gasteiger partial charge in [0.2, 0.25) is 0 Å². The van der Waals surface area contributed by atoms with Gasteiger partial charge in [0.1, 0.15) is 5.69 Å². The van der Waals surface area contributed by atoms with E-state index >= 15 is 0 Å². The average Bonchev–Trinajstić information content (AvgIpc) is 2.99. The van der Waals surface area contributed by atoms with Crippen LogP contribution in [-0.4, -0.2) is 43.4 Å². The molecule has 1 fully saturated rings. The van der Waals surface area contributed by atoms with Gasteiger partial charge in [0.05, 0.1) is 22.6 Å². The van der Waals surface area contributed by atoms with Crippen molar-refractivity contribution >= 4 is 28.9 Å². The monoisotopic (exact) mass is 420 g/mol. The van der Waals surface area contributed by atoms with Crippen LogP contribution in [0.1, 0.15) is 16.8 Å². The first-order valence-corrected chi connectivity index (χ1v) is 7.57. The van der Waals surface area contributed by atoms with Crippen molar-refractivity contribution in [3.63, 3.8) is 0 Å². The Bertz CT molecular complexity index is 766. The molecule has 0 spiro atoms. The summed E-state index contributed by atoms with van der Waals surface area (Å²) < 4.78 is 83.5. The average molecular weight is 421 g/mol. The van der Waals surface area contributed by atoms with Crippen molar-refractivity contribution in [2.24, 2.45) is 5.41 Å². The lowest BCUT2D eigenvalue weighted by Crippen LogP contribution is -2.51. The third-order valence-corrected chi connectivity index (χ3v) is 4.67. The van der Waals surface area contributed by atoms with Crippen LogP contribution in [0.2, 0.25) is 5.02 Å². The third-order valence-electron chi connectivity index (χ3n) is 4.36. The molecule has 1 aromatic rings. The number of alkyl halides is 6. The number of nitro benzene ring substituents is 1. The normalized spacial score (nSPS) is 17.1. The zero-order valence-corrected chi connectivity index (χ0v) is 14.2. The van der Waals surface area contributed by atoms with Crippen LogP contribution in [0.25, 0.3) is 0 Å². The molecule has 27 heavy (non-hydrogen) atoms. The smallest absolute Gasteiger partial charge is 0.404 e. The van der Waals surface area contributed by atoms with Crippen LogP contribution in [0.4, 0.5) is 37.7 Å². The van der Waals surface area contributed by atoms with Crippen LogP contribution in [0, 0.1) is 15.5 Å². The minimum atomic E-state index is -5.61. The molecule has 0 unspecified atom stereocenters. The highest BCUT2D eigenvalue weighted by molar-refractivity contribution is 6.34. The Labute approximate surface area is 152 Å². The van der Waals surface area contributed by atoms with Crippen LogP contribution in [0.5, 0.6) is 0 Å². The number of rotatable bonds is 3. The van der Waals surface area contributed by atoms with Crippen molar-refractivity contribution in [3.05, 3.63) is 32.8 Å². The lowest BCUT2D eigenvalue weighted by Gasteiger charge is -2.33. The largest absolute Gasteiger partial charge is 0.465 e. The van der Waals surface area contributed by atoms with E-state index in [1.54, 1.807) is 0 Å². The number of benzene rings is 1. The molecule has 0 N–H and O–H groups in total. The summed E-state index contributed by atoms with van der Waals surface area (Å²) in [4.78, 5) is 22.4. The second-order valence-corrected chi connectivity index (χ2v) is 6.23. The summed E-state index contributed by atoms with van der Waals surface area (Å²) in [6, 6.07) is 1.44. The fourth-order valence-corrected chi connectivity index (χ4v) is 3.09. The molecule has 0 aliphatic carbocycles. The molecule has 1 heterocycles. The summed E-state index contributed by atoms with van der Waals surface area (Å²) in [6.45, 7) is -2.30. The van der Waals surface area contributed by atoms with E-state index in [-0.39, 0.29) is 0 Å². The number of anilines is 1. The first-order valence-electron chi connectivity index (χ1n) is 7.20. The quantitative estimate of drug-likeness (QED) is 0.314. The summed E-state index contributed by atoms with van der Waals surface area (Å²) >= 11 is 5.81.